The van der Waals surface area contributed by atoms with Crippen LogP contribution in [-0.2, 0) is 0 Å². The van der Waals surface area contributed by atoms with Crippen molar-refractivity contribution in [1.29, 1.82) is 0 Å². The third-order valence-corrected chi connectivity index (χ3v) is 2.00. The predicted molar refractivity (Wildman–Crippen MR) is 47.1 cm³/mol. The Hall–Kier alpha value is -0.240. The first kappa shape index (κ1) is 8.85. The molecule has 0 amide bonds. The highest BCUT2D eigenvalue weighted by Gasteiger charge is 2.04. The molecule has 0 saturated heterocycles. The SMILES string of the molecule is OC[C@@H](Cl)c1cccc(Cl)c1. The maximum atomic E-state index is 8.70. The zero-order chi connectivity index (χ0) is 8.27. The summed E-state index contributed by atoms with van der Waals surface area (Å²) in [5.74, 6) is 0. The molecule has 11 heavy (non-hydrogen) atoms. The van der Waals surface area contributed by atoms with Crippen LogP contribution in [0.4, 0.5) is 0 Å². The Morgan fingerprint density at radius 2 is 2.18 bits per heavy atom. The molecule has 1 aromatic rings. The lowest BCUT2D eigenvalue weighted by Crippen LogP contribution is -1.94. The first-order valence-electron chi connectivity index (χ1n) is 3.24. The number of aliphatic hydroxyl groups is 1. The molecule has 1 rings (SSSR count). The Morgan fingerprint density at radius 3 is 2.73 bits per heavy atom. The Labute approximate surface area is 75.6 Å². The normalized spacial score (nSPS) is 13.0. The fourth-order valence-corrected chi connectivity index (χ4v) is 1.14. The summed E-state index contributed by atoms with van der Waals surface area (Å²) in [4.78, 5) is 0. The Morgan fingerprint density at radius 1 is 1.45 bits per heavy atom. The van der Waals surface area contributed by atoms with Gasteiger partial charge < -0.3 is 5.11 Å². The van der Waals surface area contributed by atoms with Crippen LogP contribution in [-0.4, -0.2) is 11.7 Å². The van der Waals surface area contributed by atoms with Gasteiger partial charge in [-0.2, -0.15) is 0 Å². The molecule has 0 aromatic heterocycles. The van der Waals surface area contributed by atoms with Gasteiger partial charge in [-0.3, -0.25) is 0 Å². The van der Waals surface area contributed by atoms with E-state index < -0.39 is 0 Å². The molecule has 0 saturated carbocycles. The van der Waals surface area contributed by atoms with Gasteiger partial charge in [-0.05, 0) is 17.7 Å². The molecule has 1 aromatic carbocycles. The van der Waals surface area contributed by atoms with Crippen LogP contribution in [0.2, 0.25) is 5.02 Å². The summed E-state index contributed by atoms with van der Waals surface area (Å²) in [6.45, 7) is -0.0676. The fourth-order valence-electron chi connectivity index (χ4n) is 0.807. The second-order valence-corrected chi connectivity index (χ2v) is 3.17. The molecule has 0 spiro atoms. The fraction of sp³-hybridized carbons (Fsp3) is 0.250. The summed E-state index contributed by atoms with van der Waals surface area (Å²) in [6.07, 6.45) is 0. The van der Waals surface area contributed by atoms with Gasteiger partial charge in [0, 0.05) is 5.02 Å². The Balaban J connectivity index is 2.86. The van der Waals surface area contributed by atoms with Crippen molar-refractivity contribution in [2.45, 2.75) is 5.38 Å². The molecule has 0 aliphatic carbocycles. The third-order valence-electron chi connectivity index (χ3n) is 1.37. The molecular weight excluding hydrogens is 183 g/mol. The van der Waals surface area contributed by atoms with Crippen LogP contribution < -0.4 is 0 Å². The summed E-state index contributed by atoms with van der Waals surface area (Å²) < 4.78 is 0. The van der Waals surface area contributed by atoms with Crippen LogP contribution in [0, 0.1) is 0 Å². The smallest absolute Gasteiger partial charge is 0.0816 e. The molecule has 0 aliphatic rings. The van der Waals surface area contributed by atoms with Crippen molar-refractivity contribution in [2.75, 3.05) is 6.61 Å². The van der Waals surface area contributed by atoms with Gasteiger partial charge in [0.1, 0.15) is 0 Å². The topological polar surface area (TPSA) is 20.2 Å². The van der Waals surface area contributed by atoms with Gasteiger partial charge in [-0.1, -0.05) is 23.7 Å². The monoisotopic (exact) mass is 190 g/mol. The minimum atomic E-state index is -0.353. The minimum absolute atomic E-state index is 0.0676. The molecule has 3 heteroatoms. The van der Waals surface area contributed by atoms with E-state index in [2.05, 4.69) is 0 Å². The third kappa shape index (κ3) is 2.37. The van der Waals surface area contributed by atoms with Crippen molar-refractivity contribution in [1.82, 2.24) is 0 Å². The molecule has 1 nitrogen and oxygen atoms in total. The molecule has 0 bridgehead atoms. The van der Waals surface area contributed by atoms with Crippen LogP contribution in [0.25, 0.3) is 0 Å². The summed E-state index contributed by atoms with van der Waals surface area (Å²) in [5, 5.41) is 8.99. The van der Waals surface area contributed by atoms with E-state index in [0.717, 1.165) is 5.56 Å². The van der Waals surface area contributed by atoms with Crippen molar-refractivity contribution in [3.63, 3.8) is 0 Å². The van der Waals surface area contributed by atoms with Crippen molar-refractivity contribution < 1.29 is 5.11 Å². The average Bonchev–Trinajstić information content (AvgIpc) is 2.03. The van der Waals surface area contributed by atoms with Crippen molar-refractivity contribution >= 4 is 23.2 Å². The van der Waals surface area contributed by atoms with Gasteiger partial charge in [0.05, 0.1) is 12.0 Å². The van der Waals surface area contributed by atoms with E-state index in [9.17, 15) is 0 Å². The van der Waals surface area contributed by atoms with Gasteiger partial charge >= 0.3 is 0 Å². The van der Waals surface area contributed by atoms with E-state index in [1.165, 1.54) is 0 Å². The lowest BCUT2D eigenvalue weighted by Gasteiger charge is -2.05. The number of hydrogen-bond donors (Lipinski definition) is 1. The number of aliphatic hydroxyl groups excluding tert-OH is 1. The lowest BCUT2D eigenvalue weighted by molar-refractivity contribution is 0.294. The number of halogens is 2. The molecular formula is C8H8Cl2O. The average molecular weight is 191 g/mol. The van der Waals surface area contributed by atoms with Gasteiger partial charge in [0.2, 0.25) is 0 Å². The molecule has 0 heterocycles. The van der Waals surface area contributed by atoms with Crippen molar-refractivity contribution in [3.8, 4) is 0 Å². The number of rotatable bonds is 2. The van der Waals surface area contributed by atoms with Crippen LogP contribution in [0.5, 0.6) is 0 Å². The van der Waals surface area contributed by atoms with E-state index in [0.29, 0.717) is 5.02 Å². The first-order valence-corrected chi connectivity index (χ1v) is 4.06. The molecule has 1 N–H and O–H groups in total. The second kappa shape index (κ2) is 3.96. The highest BCUT2D eigenvalue weighted by atomic mass is 35.5. The highest BCUT2D eigenvalue weighted by molar-refractivity contribution is 6.30. The Bertz CT molecular complexity index is 237. The standard InChI is InChI=1S/C8H8Cl2O/c9-7-3-1-2-6(4-7)8(10)5-11/h1-4,8,11H,5H2/t8-/m1/s1. The molecule has 0 aliphatic heterocycles. The van der Waals surface area contributed by atoms with Gasteiger partial charge in [-0.25, -0.2) is 0 Å². The number of benzene rings is 1. The second-order valence-electron chi connectivity index (χ2n) is 2.21. The van der Waals surface area contributed by atoms with E-state index in [1.54, 1.807) is 12.1 Å². The zero-order valence-electron chi connectivity index (χ0n) is 5.80. The number of alkyl halides is 1. The Kier molecular flexibility index (Phi) is 3.18. The maximum Gasteiger partial charge on any atom is 0.0816 e. The van der Waals surface area contributed by atoms with Crippen LogP contribution in [0.15, 0.2) is 24.3 Å². The van der Waals surface area contributed by atoms with Gasteiger partial charge in [-0.15, -0.1) is 11.6 Å². The quantitative estimate of drug-likeness (QED) is 0.712. The van der Waals surface area contributed by atoms with E-state index in [-0.39, 0.29) is 12.0 Å². The van der Waals surface area contributed by atoms with E-state index >= 15 is 0 Å². The number of hydrogen-bond acceptors (Lipinski definition) is 1. The molecule has 1 atom stereocenters. The summed E-state index contributed by atoms with van der Waals surface area (Å²) in [7, 11) is 0. The van der Waals surface area contributed by atoms with Gasteiger partial charge in [0.15, 0.2) is 0 Å². The molecule has 0 radical (unpaired) electrons. The predicted octanol–water partition coefficient (Wildman–Crippen LogP) is 2.61. The van der Waals surface area contributed by atoms with Gasteiger partial charge in [0.25, 0.3) is 0 Å². The zero-order valence-corrected chi connectivity index (χ0v) is 7.31. The van der Waals surface area contributed by atoms with E-state index in [4.69, 9.17) is 28.3 Å². The first-order chi connectivity index (χ1) is 5.24. The van der Waals surface area contributed by atoms with E-state index in [1.807, 2.05) is 12.1 Å². The van der Waals surface area contributed by atoms with Crippen LogP contribution >= 0.6 is 23.2 Å². The summed E-state index contributed by atoms with van der Waals surface area (Å²) >= 11 is 11.5. The lowest BCUT2D eigenvalue weighted by atomic mass is 10.2. The summed E-state index contributed by atoms with van der Waals surface area (Å²) in [5.41, 5.74) is 0.849. The van der Waals surface area contributed by atoms with Crippen LogP contribution in [0.1, 0.15) is 10.9 Å². The largest absolute Gasteiger partial charge is 0.394 e. The molecule has 0 unspecified atom stereocenters. The maximum absolute atomic E-state index is 8.70. The van der Waals surface area contributed by atoms with Crippen molar-refractivity contribution in [3.05, 3.63) is 34.9 Å². The molecule has 0 fully saturated rings. The highest BCUT2D eigenvalue weighted by Crippen LogP contribution is 2.22. The minimum Gasteiger partial charge on any atom is -0.394 e. The summed E-state index contributed by atoms with van der Waals surface area (Å²) in [6, 6.07) is 7.16. The van der Waals surface area contributed by atoms with Crippen molar-refractivity contribution in [2.24, 2.45) is 0 Å². The molecule has 60 valence electrons. The van der Waals surface area contributed by atoms with Crippen LogP contribution in [0.3, 0.4) is 0 Å².